The highest BCUT2D eigenvalue weighted by Crippen LogP contribution is 2.20. The molecule has 2 aromatic carbocycles. The maximum absolute atomic E-state index is 12.1. The van der Waals surface area contributed by atoms with Crippen LogP contribution in [0.25, 0.3) is 0 Å². The Labute approximate surface area is 156 Å². The number of amides is 2. The Kier molecular flexibility index (Phi) is 7.16. The summed E-state index contributed by atoms with van der Waals surface area (Å²) in [6.07, 6.45) is 0. The number of carbonyl (C=O) groups excluding carboxylic acids is 2. The fourth-order valence-electron chi connectivity index (χ4n) is 2.43. The molecular weight excluding hydrogens is 382 g/mol. The van der Waals surface area contributed by atoms with Gasteiger partial charge in [-0.25, -0.2) is 0 Å². The molecule has 0 bridgehead atoms. The third-order valence-corrected chi connectivity index (χ3v) is 4.50. The molecule has 25 heavy (non-hydrogen) atoms. The van der Waals surface area contributed by atoms with Gasteiger partial charge in [-0.2, -0.15) is 0 Å². The number of hydrogen-bond donors (Lipinski definition) is 3. The summed E-state index contributed by atoms with van der Waals surface area (Å²) >= 11 is 3.39. The van der Waals surface area contributed by atoms with Gasteiger partial charge in [-0.15, -0.1) is 0 Å². The van der Waals surface area contributed by atoms with Gasteiger partial charge in [0.25, 0.3) is 11.8 Å². The van der Waals surface area contributed by atoms with Crippen LogP contribution in [0, 0.1) is 6.92 Å². The molecule has 1 unspecified atom stereocenters. The molecule has 0 saturated carbocycles. The molecule has 5 nitrogen and oxygen atoms in total. The number of benzene rings is 2. The van der Waals surface area contributed by atoms with E-state index >= 15 is 0 Å². The van der Waals surface area contributed by atoms with E-state index in [1.54, 1.807) is 0 Å². The Morgan fingerprint density at radius 3 is 2.36 bits per heavy atom. The van der Waals surface area contributed by atoms with E-state index in [1.807, 2.05) is 62.5 Å². The Hall–Kier alpha value is -2.18. The number of quaternary nitrogens is 1. The van der Waals surface area contributed by atoms with Crippen molar-refractivity contribution in [2.45, 2.75) is 13.5 Å². The van der Waals surface area contributed by atoms with Crippen LogP contribution in [0.15, 0.2) is 53.0 Å². The second kappa shape index (κ2) is 9.34. The topological polar surface area (TPSA) is 62.6 Å². The number of likely N-dealkylation sites (N-methyl/N-ethyl adjacent to an activating group) is 1. The van der Waals surface area contributed by atoms with E-state index in [4.69, 9.17) is 0 Å². The standard InChI is InChI=1S/C19H22BrN3O2/c1-14-7-3-4-8-15(14)11-21-18(24)12-23(2)13-19(25)22-17-10-6-5-9-16(17)20/h3-10H,11-13H2,1-2H3,(H,21,24)(H,22,25)/p+1. The van der Waals surface area contributed by atoms with Crippen molar-refractivity contribution < 1.29 is 14.5 Å². The van der Waals surface area contributed by atoms with Gasteiger partial charge in [0.2, 0.25) is 0 Å². The highest BCUT2D eigenvalue weighted by atomic mass is 79.9. The predicted octanol–water partition coefficient (Wildman–Crippen LogP) is 1.53. The molecule has 0 aromatic heterocycles. The molecule has 0 aliphatic heterocycles. The van der Waals surface area contributed by atoms with E-state index < -0.39 is 0 Å². The Morgan fingerprint density at radius 1 is 1.00 bits per heavy atom. The summed E-state index contributed by atoms with van der Waals surface area (Å²) < 4.78 is 0.831. The lowest BCUT2D eigenvalue weighted by molar-refractivity contribution is -0.862. The molecule has 0 spiro atoms. The number of carbonyl (C=O) groups is 2. The van der Waals surface area contributed by atoms with Gasteiger partial charge in [0.15, 0.2) is 13.1 Å². The summed E-state index contributed by atoms with van der Waals surface area (Å²) in [5, 5.41) is 5.75. The summed E-state index contributed by atoms with van der Waals surface area (Å²) in [7, 11) is 1.83. The lowest BCUT2D eigenvalue weighted by Crippen LogP contribution is -3.11. The third kappa shape index (κ3) is 6.32. The zero-order chi connectivity index (χ0) is 18.2. The Morgan fingerprint density at radius 2 is 1.64 bits per heavy atom. The molecule has 0 saturated heterocycles. The van der Waals surface area contributed by atoms with Crippen LogP contribution >= 0.6 is 15.9 Å². The molecule has 2 aromatic rings. The van der Waals surface area contributed by atoms with Crippen molar-refractivity contribution in [3.05, 3.63) is 64.1 Å². The predicted molar refractivity (Wildman–Crippen MR) is 102 cm³/mol. The summed E-state index contributed by atoms with van der Waals surface area (Å²) in [6, 6.07) is 15.4. The molecule has 0 heterocycles. The minimum atomic E-state index is -0.129. The van der Waals surface area contributed by atoms with E-state index in [2.05, 4.69) is 26.6 Å². The largest absolute Gasteiger partial charge is 0.347 e. The van der Waals surface area contributed by atoms with E-state index in [1.165, 1.54) is 0 Å². The lowest BCUT2D eigenvalue weighted by atomic mass is 10.1. The summed E-state index contributed by atoms with van der Waals surface area (Å²) in [6.45, 7) is 2.99. The summed E-state index contributed by atoms with van der Waals surface area (Å²) in [4.78, 5) is 25.0. The number of halogens is 1. The monoisotopic (exact) mass is 404 g/mol. The van der Waals surface area contributed by atoms with Gasteiger partial charge in [0.05, 0.1) is 12.7 Å². The first-order valence-electron chi connectivity index (χ1n) is 8.12. The van der Waals surface area contributed by atoms with Crippen molar-refractivity contribution in [3.8, 4) is 0 Å². The molecule has 2 amide bonds. The van der Waals surface area contributed by atoms with Crippen LogP contribution in [-0.4, -0.2) is 32.0 Å². The maximum atomic E-state index is 12.1. The van der Waals surface area contributed by atoms with Gasteiger partial charge in [-0.05, 0) is 46.1 Å². The summed E-state index contributed by atoms with van der Waals surface area (Å²) in [5.41, 5.74) is 2.97. The van der Waals surface area contributed by atoms with E-state index in [0.29, 0.717) is 6.54 Å². The third-order valence-electron chi connectivity index (χ3n) is 3.81. The number of nitrogens with one attached hydrogen (secondary N) is 3. The van der Waals surface area contributed by atoms with Crippen molar-refractivity contribution in [2.75, 3.05) is 25.5 Å². The van der Waals surface area contributed by atoms with Crippen LogP contribution in [0.3, 0.4) is 0 Å². The van der Waals surface area contributed by atoms with Crippen molar-refractivity contribution in [1.82, 2.24) is 5.32 Å². The number of hydrogen-bond acceptors (Lipinski definition) is 2. The van der Waals surface area contributed by atoms with E-state index in [-0.39, 0.29) is 24.9 Å². The zero-order valence-electron chi connectivity index (χ0n) is 14.4. The number of para-hydroxylation sites is 1. The van der Waals surface area contributed by atoms with Gasteiger partial charge in [0.1, 0.15) is 0 Å². The minimum absolute atomic E-state index is 0.0746. The second-order valence-corrected chi connectivity index (χ2v) is 6.90. The lowest BCUT2D eigenvalue weighted by Gasteiger charge is -2.14. The quantitative estimate of drug-likeness (QED) is 0.655. The normalized spacial score (nSPS) is 11.6. The molecule has 0 aliphatic rings. The number of rotatable bonds is 7. The number of anilines is 1. The highest BCUT2D eigenvalue weighted by molar-refractivity contribution is 9.10. The van der Waals surface area contributed by atoms with Gasteiger partial charge in [-0.3, -0.25) is 9.59 Å². The van der Waals surface area contributed by atoms with Gasteiger partial charge < -0.3 is 15.5 Å². The molecule has 2 rings (SSSR count). The maximum Gasteiger partial charge on any atom is 0.279 e. The average Bonchev–Trinajstić information content (AvgIpc) is 2.56. The molecule has 0 radical (unpaired) electrons. The fraction of sp³-hybridized carbons (Fsp3) is 0.263. The molecule has 1 atom stereocenters. The van der Waals surface area contributed by atoms with Crippen LogP contribution in [0.4, 0.5) is 5.69 Å². The SMILES string of the molecule is Cc1ccccc1CNC(=O)C[NH+](C)CC(=O)Nc1ccccc1Br. The van der Waals surface area contributed by atoms with Crippen molar-refractivity contribution in [2.24, 2.45) is 0 Å². The van der Waals surface area contributed by atoms with Crippen molar-refractivity contribution in [3.63, 3.8) is 0 Å². The Balaban J connectivity index is 1.76. The van der Waals surface area contributed by atoms with Crippen LogP contribution < -0.4 is 15.5 Å². The summed E-state index contributed by atoms with van der Waals surface area (Å²) in [5.74, 6) is -0.203. The number of aryl methyl sites for hydroxylation is 1. The van der Waals surface area contributed by atoms with Gasteiger partial charge in [-0.1, -0.05) is 36.4 Å². The van der Waals surface area contributed by atoms with E-state index in [0.717, 1.165) is 26.2 Å². The molecular formula is C19H23BrN3O2+. The molecule has 3 N–H and O–H groups in total. The smallest absolute Gasteiger partial charge is 0.279 e. The molecule has 132 valence electrons. The van der Waals surface area contributed by atoms with Crippen molar-refractivity contribution in [1.29, 1.82) is 0 Å². The minimum Gasteiger partial charge on any atom is -0.347 e. The molecule has 0 aliphatic carbocycles. The van der Waals surface area contributed by atoms with Gasteiger partial charge >= 0.3 is 0 Å². The molecule has 0 fully saturated rings. The second-order valence-electron chi connectivity index (χ2n) is 6.04. The first-order valence-corrected chi connectivity index (χ1v) is 8.92. The Bertz CT molecular complexity index is 749. The highest BCUT2D eigenvalue weighted by Gasteiger charge is 2.15. The first kappa shape index (κ1) is 19.1. The van der Waals surface area contributed by atoms with Crippen LogP contribution in [0.2, 0.25) is 0 Å². The van der Waals surface area contributed by atoms with Gasteiger partial charge in [0, 0.05) is 11.0 Å². The van der Waals surface area contributed by atoms with Crippen LogP contribution in [0.5, 0.6) is 0 Å². The van der Waals surface area contributed by atoms with Crippen LogP contribution in [-0.2, 0) is 16.1 Å². The average molecular weight is 405 g/mol. The van der Waals surface area contributed by atoms with Crippen molar-refractivity contribution >= 4 is 33.4 Å². The van der Waals surface area contributed by atoms with Crippen LogP contribution in [0.1, 0.15) is 11.1 Å². The fourth-order valence-corrected chi connectivity index (χ4v) is 2.82. The molecule has 6 heteroatoms. The van der Waals surface area contributed by atoms with E-state index in [9.17, 15) is 9.59 Å². The first-order chi connectivity index (χ1) is 12.0. The zero-order valence-corrected chi connectivity index (χ0v) is 16.0.